The highest BCUT2D eigenvalue weighted by Crippen LogP contribution is 2.38. The predicted molar refractivity (Wildman–Crippen MR) is 77.7 cm³/mol. The van der Waals surface area contributed by atoms with Gasteiger partial charge < -0.3 is 4.57 Å². The maximum atomic E-state index is 4.79. The van der Waals surface area contributed by atoms with Crippen molar-refractivity contribution >= 4 is 0 Å². The number of nitrogens with zero attached hydrogens (tertiary/aromatic N) is 5. The lowest BCUT2D eigenvalue weighted by Gasteiger charge is -2.15. The summed E-state index contributed by atoms with van der Waals surface area (Å²) in [7, 11) is 0. The van der Waals surface area contributed by atoms with E-state index in [1.54, 1.807) is 0 Å². The average Bonchev–Trinajstić information content (AvgIpc) is 3.07. The maximum absolute atomic E-state index is 4.79. The van der Waals surface area contributed by atoms with Crippen LogP contribution in [-0.2, 0) is 13.0 Å². The van der Waals surface area contributed by atoms with E-state index in [2.05, 4.69) is 28.1 Å². The van der Waals surface area contributed by atoms with E-state index < -0.39 is 0 Å². The van der Waals surface area contributed by atoms with Crippen molar-refractivity contribution in [2.24, 2.45) is 0 Å². The molecule has 5 heteroatoms. The highest BCUT2D eigenvalue weighted by Gasteiger charge is 2.29. The standard InChI is InChI=1S/C15H23N5/c1-4-8-20-14(17-15(18-20)13-5-6-13)10-11(2)19-9-7-16-12(19)3/h7,9,11,13H,4-6,8,10H2,1-3H3. The molecule has 2 aromatic rings. The van der Waals surface area contributed by atoms with Crippen molar-refractivity contribution in [3.05, 3.63) is 29.9 Å². The second-order valence-corrected chi connectivity index (χ2v) is 5.82. The van der Waals surface area contributed by atoms with Crippen molar-refractivity contribution in [3.8, 4) is 0 Å². The summed E-state index contributed by atoms with van der Waals surface area (Å²) in [5.74, 6) is 3.86. The van der Waals surface area contributed by atoms with Crippen LogP contribution in [0.3, 0.4) is 0 Å². The van der Waals surface area contributed by atoms with Gasteiger partial charge in [0.2, 0.25) is 0 Å². The lowest BCUT2D eigenvalue weighted by Crippen LogP contribution is -2.13. The van der Waals surface area contributed by atoms with Crippen LogP contribution in [0.1, 0.15) is 62.5 Å². The molecular weight excluding hydrogens is 250 g/mol. The van der Waals surface area contributed by atoms with Crippen molar-refractivity contribution in [3.63, 3.8) is 0 Å². The van der Waals surface area contributed by atoms with Gasteiger partial charge in [-0.25, -0.2) is 14.6 Å². The smallest absolute Gasteiger partial charge is 0.154 e. The Bertz CT molecular complexity index is 579. The molecular formula is C15H23N5. The van der Waals surface area contributed by atoms with Gasteiger partial charge in [0.05, 0.1) is 0 Å². The molecule has 0 bridgehead atoms. The van der Waals surface area contributed by atoms with Gasteiger partial charge in [0.15, 0.2) is 5.82 Å². The summed E-state index contributed by atoms with van der Waals surface area (Å²) in [5, 5.41) is 4.70. The molecule has 0 radical (unpaired) electrons. The number of imidazole rings is 1. The molecule has 0 aliphatic heterocycles. The Morgan fingerprint density at radius 2 is 2.20 bits per heavy atom. The molecule has 1 aliphatic rings. The molecule has 0 spiro atoms. The normalized spacial score (nSPS) is 16.6. The molecule has 1 fully saturated rings. The van der Waals surface area contributed by atoms with Crippen LogP contribution in [0.4, 0.5) is 0 Å². The maximum Gasteiger partial charge on any atom is 0.154 e. The summed E-state index contributed by atoms with van der Waals surface area (Å²) in [6.07, 6.45) is 8.42. The minimum absolute atomic E-state index is 0.365. The molecule has 1 atom stereocenters. The van der Waals surface area contributed by atoms with Crippen molar-refractivity contribution < 1.29 is 0 Å². The number of hydrogen-bond acceptors (Lipinski definition) is 3. The summed E-state index contributed by atoms with van der Waals surface area (Å²) in [6.45, 7) is 7.41. The van der Waals surface area contributed by atoms with Crippen LogP contribution in [0.25, 0.3) is 0 Å². The zero-order valence-electron chi connectivity index (χ0n) is 12.6. The van der Waals surface area contributed by atoms with Crippen molar-refractivity contribution in [1.29, 1.82) is 0 Å². The molecule has 2 heterocycles. The van der Waals surface area contributed by atoms with E-state index >= 15 is 0 Å². The van der Waals surface area contributed by atoms with E-state index in [0.29, 0.717) is 12.0 Å². The molecule has 1 aliphatic carbocycles. The molecule has 0 N–H and O–H groups in total. The zero-order chi connectivity index (χ0) is 14.1. The number of aryl methyl sites for hydroxylation is 2. The molecule has 0 amide bonds. The molecule has 108 valence electrons. The fourth-order valence-electron chi connectivity index (χ4n) is 2.67. The molecule has 3 rings (SSSR count). The van der Waals surface area contributed by atoms with Gasteiger partial charge in [-0.2, -0.15) is 5.10 Å². The fourth-order valence-corrected chi connectivity index (χ4v) is 2.67. The zero-order valence-corrected chi connectivity index (χ0v) is 12.6. The minimum atomic E-state index is 0.365. The Kier molecular flexibility index (Phi) is 3.59. The second kappa shape index (κ2) is 5.38. The summed E-state index contributed by atoms with van der Waals surface area (Å²) in [6, 6.07) is 0.365. The first-order valence-corrected chi connectivity index (χ1v) is 7.62. The van der Waals surface area contributed by atoms with Gasteiger partial charge in [-0.05, 0) is 33.1 Å². The van der Waals surface area contributed by atoms with E-state index in [4.69, 9.17) is 10.1 Å². The first-order chi connectivity index (χ1) is 9.69. The number of rotatable bonds is 6. The van der Waals surface area contributed by atoms with Crippen molar-refractivity contribution in [1.82, 2.24) is 24.3 Å². The summed E-state index contributed by atoms with van der Waals surface area (Å²) in [4.78, 5) is 9.09. The molecule has 5 nitrogen and oxygen atoms in total. The molecule has 0 saturated heterocycles. The number of aromatic nitrogens is 5. The minimum Gasteiger partial charge on any atom is -0.332 e. The van der Waals surface area contributed by atoms with Gasteiger partial charge >= 0.3 is 0 Å². The Morgan fingerprint density at radius 1 is 1.40 bits per heavy atom. The lowest BCUT2D eigenvalue weighted by atomic mass is 10.2. The van der Waals surface area contributed by atoms with Gasteiger partial charge in [0, 0.05) is 37.3 Å². The Hall–Kier alpha value is -1.65. The van der Waals surface area contributed by atoms with Gasteiger partial charge in [0.25, 0.3) is 0 Å². The van der Waals surface area contributed by atoms with Crippen LogP contribution < -0.4 is 0 Å². The first-order valence-electron chi connectivity index (χ1n) is 7.62. The van der Waals surface area contributed by atoms with Gasteiger partial charge in [-0.3, -0.25) is 0 Å². The second-order valence-electron chi connectivity index (χ2n) is 5.82. The van der Waals surface area contributed by atoms with Crippen LogP contribution in [0.5, 0.6) is 0 Å². The Labute approximate surface area is 120 Å². The van der Waals surface area contributed by atoms with Gasteiger partial charge in [-0.15, -0.1) is 0 Å². The number of hydrogen-bond donors (Lipinski definition) is 0. The topological polar surface area (TPSA) is 48.5 Å². The fraction of sp³-hybridized carbons (Fsp3) is 0.667. The molecule has 1 saturated carbocycles. The predicted octanol–water partition coefficient (Wildman–Crippen LogP) is 2.87. The molecule has 2 aromatic heterocycles. The third-order valence-corrected chi connectivity index (χ3v) is 3.96. The van der Waals surface area contributed by atoms with Crippen molar-refractivity contribution in [2.75, 3.05) is 0 Å². The molecule has 20 heavy (non-hydrogen) atoms. The van der Waals surface area contributed by atoms with Crippen LogP contribution in [0, 0.1) is 6.92 Å². The monoisotopic (exact) mass is 273 g/mol. The largest absolute Gasteiger partial charge is 0.332 e. The third-order valence-electron chi connectivity index (χ3n) is 3.96. The van der Waals surface area contributed by atoms with E-state index in [9.17, 15) is 0 Å². The highest BCUT2D eigenvalue weighted by molar-refractivity contribution is 5.07. The van der Waals surface area contributed by atoms with E-state index in [1.807, 2.05) is 19.3 Å². The average molecular weight is 273 g/mol. The van der Waals surface area contributed by atoms with E-state index in [0.717, 1.165) is 36.9 Å². The summed E-state index contributed by atoms with van der Waals surface area (Å²) < 4.78 is 4.32. The SMILES string of the molecule is CCCn1nc(C2CC2)nc1CC(C)n1ccnc1C. The Balaban J connectivity index is 1.80. The van der Waals surface area contributed by atoms with Crippen LogP contribution in [0.2, 0.25) is 0 Å². The summed E-state index contributed by atoms with van der Waals surface area (Å²) >= 11 is 0. The summed E-state index contributed by atoms with van der Waals surface area (Å²) in [5.41, 5.74) is 0. The highest BCUT2D eigenvalue weighted by atomic mass is 15.4. The van der Waals surface area contributed by atoms with Gasteiger partial charge in [0.1, 0.15) is 11.6 Å². The molecule has 0 aromatic carbocycles. The van der Waals surface area contributed by atoms with Crippen LogP contribution in [0.15, 0.2) is 12.4 Å². The third kappa shape index (κ3) is 2.62. The Morgan fingerprint density at radius 3 is 2.80 bits per heavy atom. The van der Waals surface area contributed by atoms with Crippen LogP contribution >= 0.6 is 0 Å². The van der Waals surface area contributed by atoms with Crippen LogP contribution in [-0.4, -0.2) is 24.3 Å². The van der Waals surface area contributed by atoms with Crippen molar-refractivity contribution in [2.45, 2.75) is 65.0 Å². The first kappa shape index (κ1) is 13.3. The van der Waals surface area contributed by atoms with E-state index in [1.165, 1.54) is 12.8 Å². The lowest BCUT2D eigenvalue weighted by molar-refractivity contribution is 0.484. The quantitative estimate of drug-likeness (QED) is 0.813. The van der Waals surface area contributed by atoms with Gasteiger partial charge in [-0.1, -0.05) is 6.92 Å². The molecule has 1 unspecified atom stereocenters. The van der Waals surface area contributed by atoms with E-state index in [-0.39, 0.29) is 0 Å².